The standard InChI is InChI=1S/C7H15N2O5P/c1-3-15(13,14)7(11)5-8-4-6(10)9(2)12/h8,12H,3-5H2,1-2H3,(H,13,14). The van der Waals surface area contributed by atoms with Crippen LogP contribution in [0.1, 0.15) is 6.92 Å². The number of amides is 1. The maximum absolute atomic E-state index is 11.1. The maximum atomic E-state index is 11.1. The summed E-state index contributed by atoms with van der Waals surface area (Å²) in [7, 11) is -2.59. The van der Waals surface area contributed by atoms with Gasteiger partial charge in [0.2, 0.25) is 5.52 Å². The van der Waals surface area contributed by atoms with Crippen LogP contribution in [0.15, 0.2) is 0 Å². The van der Waals surface area contributed by atoms with Gasteiger partial charge in [0.05, 0.1) is 13.1 Å². The number of hydrogen-bond acceptors (Lipinski definition) is 5. The van der Waals surface area contributed by atoms with Crippen molar-refractivity contribution in [3.8, 4) is 0 Å². The van der Waals surface area contributed by atoms with E-state index in [2.05, 4.69) is 5.32 Å². The molecule has 0 saturated heterocycles. The van der Waals surface area contributed by atoms with E-state index < -0.39 is 18.8 Å². The van der Waals surface area contributed by atoms with E-state index in [1.54, 1.807) is 0 Å². The van der Waals surface area contributed by atoms with Gasteiger partial charge in [-0.3, -0.25) is 19.4 Å². The molecule has 0 aliphatic heterocycles. The minimum atomic E-state index is -3.74. The van der Waals surface area contributed by atoms with Crippen LogP contribution in [0.3, 0.4) is 0 Å². The normalized spacial score (nSPS) is 14.4. The highest BCUT2D eigenvalue weighted by molar-refractivity contribution is 7.75. The highest BCUT2D eigenvalue weighted by Gasteiger charge is 2.25. The third kappa shape index (κ3) is 5.03. The smallest absolute Gasteiger partial charge is 0.265 e. The first-order valence-electron chi connectivity index (χ1n) is 4.32. The number of nitrogens with zero attached hydrogens (tertiary/aromatic N) is 1. The Balaban J connectivity index is 3.94. The Morgan fingerprint density at radius 1 is 1.40 bits per heavy atom. The molecule has 0 aromatic rings. The average Bonchev–Trinajstić information content (AvgIpc) is 2.17. The van der Waals surface area contributed by atoms with Crippen molar-refractivity contribution in [2.24, 2.45) is 0 Å². The lowest BCUT2D eigenvalue weighted by Crippen LogP contribution is -2.35. The SMILES string of the molecule is CCP(=O)(O)C(=O)CNCC(=O)N(C)O. The van der Waals surface area contributed by atoms with Crippen molar-refractivity contribution in [1.82, 2.24) is 10.4 Å². The molecule has 1 atom stereocenters. The van der Waals surface area contributed by atoms with Gasteiger partial charge in [-0.15, -0.1) is 0 Å². The van der Waals surface area contributed by atoms with Crippen molar-refractivity contribution in [2.75, 3.05) is 26.3 Å². The van der Waals surface area contributed by atoms with Crippen molar-refractivity contribution in [3.05, 3.63) is 0 Å². The van der Waals surface area contributed by atoms with E-state index in [1.807, 2.05) is 0 Å². The van der Waals surface area contributed by atoms with Gasteiger partial charge in [0, 0.05) is 13.2 Å². The van der Waals surface area contributed by atoms with Crippen molar-refractivity contribution >= 4 is 18.8 Å². The van der Waals surface area contributed by atoms with E-state index in [4.69, 9.17) is 10.1 Å². The molecule has 0 rings (SSSR count). The van der Waals surface area contributed by atoms with Crippen LogP contribution in [0.2, 0.25) is 0 Å². The predicted molar refractivity (Wildman–Crippen MR) is 52.8 cm³/mol. The van der Waals surface area contributed by atoms with Gasteiger partial charge in [0.1, 0.15) is 0 Å². The van der Waals surface area contributed by atoms with Crippen LogP contribution in [0, 0.1) is 0 Å². The lowest BCUT2D eigenvalue weighted by atomic mass is 10.5. The molecule has 0 aliphatic carbocycles. The van der Waals surface area contributed by atoms with Gasteiger partial charge < -0.3 is 10.2 Å². The summed E-state index contributed by atoms with van der Waals surface area (Å²) in [6.07, 6.45) is -0.124. The maximum Gasteiger partial charge on any atom is 0.265 e. The van der Waals surface area contributed by atoms with E-state index in [0.29, 0.717) is 5.06 Å². The molecule has 0 heterocycles. The summed E-state index contributed by atoms with van der Waals surface area (Å²) in [4.78, 5) is 31.0. The van der Waals surface area contributed by atoms with Crippen LogP contribution in [0.5, 0.6) is 0 Å². The van der Waals surface area contributed by atoms with Crippen molar-refractivity contribution < 1.29 is 24.3 Å². The Bertz CT molecular complexity index is 291. The Morgan fingerprint density at radius 2 is 1.93 bits per heavy atom. The summed E-state index contributed by atoms with van der Waals surface area (Å²) < 4.78 is 11.1. The van der Waals surface area contributed by atoms with Gasteiger partial charge >= 0.3 is 0 Å². The minimum Gasteiger partial charge on any atom is -0.339 e. The molecule has 0 aromatic carbocycles. The van der Waals surface area contributed by atoms with E-state index in [0.717, 1.165) is 7.05 Å². The van der Waals surface area contributed by atoms with Gasteiger partial charge in [-0.25, -0.2) is 5.06 Å². The molecule has 0 fully saturated rings. The summed E-state index contributed by atoms with van der Waals surface area (Å²) in [5.74, 6) is -0.632. The van der Waals surface area contributed by atoms with Gasteiger partial charge in [-0.2, -0.15) is 0 Å². The molecule has 0 radical (unpaired) electrons. The third-order valence-corrected chi connectivity index (χ3v) is 3.53. The first kappa shape index (κ1) is 14.2. The Morgan fingerprint density at radius 3 is 2.33 bits per heavy atom. The van der Waals surface area contributed by atoms with E-state index in [-0.39, 0.29) is 19.3 Å². The lowest BCUT2D eigenvalue weighted by Gasteiger charge is -2.10. The van der Waals surface area contributed by atoms with Gasteiger partial charge in [-0.1, -0.05) is 6.92 Å². The number of hydrogen-bond donors (Lipinski definition) is 3. The molecular formula is C7H15N2O5P. The first-order valence-corrected chi connectivity index (χ1v) is 6.17. The highest BCUT2D eigenvalue weighted by atomic mass is 31.2. The van der Waals surface area contributed by atoms with Crippen LogP contribution in [-0.2, 0) is 14.2 Å². The molecule has 0 saturated carbocycles. The van der Waals surface area contributed by atoms with Crippen LogP contribution in [0.4, 0.5) is 0 Å². The molecule has 88 valence electrons. The zero-order valence-electron chi connectivity index (χ0n) is 8.63. The van der Waals surface area contributed by atoms with E-state index in [1.165, 1.54) is 6.92 Å². The number of likely N-dealkylation sites (N-methyl/N-ethyl adjacent to an activating group) is 1. The Hall–Kier alpha value is -0.750. The largest absolute Gasteiger partial charge is 0.339 e. The average molecular weight is 238 g/mol. The number of carbonyl (C=O) groups is 2. The summed E-state index contributed by atoms with van der Waals surface area (Å²) in [6.45, 7) is 0.814. The Labute approximate surface area is 87.5 Å². The second-order valence-electron chi connectivity index (χ2n) is 2.93. The van der Waals surface area contributed by atoms with Crippen molar-refractivity contribution in [2.45, 2.75) is 6.92 Å². The molecule has 0 spiro atoms. The fourth-order valence-corrected chi connectivity index (χ4v) is 1.40. The highest BCUT2D eigenvalue weighted by Crippen LogP contribution is 2.40. The van der Waals surface area contributed by atoms with Crippen LogP contribution in [0.25, 0.3) is 0 Å². The van der Waals surface area contributed by atoms with Crippen molar-refractivity contribution in [3.63, 3.8) is 0 Å². The first-order chi connectivity index (χ1) is 6.81. The molecule has 1 unspecified atom stereocenters. The van der Waals surface area contributed by atoms with E-state index >= 15 is 0 Å². The fourth-order valence-electron chi connectivity index (χ4n) is 0.691. The number of carbonyl (C=O) groups excluding carboxylic acids is 2. The topological polar surface area (TPSA) is 107 Å². The minimum absolute atomic E-state index is 0.124. The number of hydroxylamine groups is 2. The quantitative estimate of drug-likeness (QED) is 0.319. The summed E-state index contributed by atoms with van der Waals surface area (Å²) in [5, 5.41) is 11.4. The van der Waals surface area contributed by atoms with Gasteiger partial charge in [0.25, 0.3) is 13.3 Å². The molecule has 0 aromatic heterocycles. The lowest BCUT2D eigenvalue weighted by molar-refractivity contribution is -0.158. The van der Waals surface area contributed by atoms with Crippen LogP contribution in [-0.4, -0.2) is 52.9 Å². The van der Waals surface area contributed by atoms with Crippen LogP contribution >= 0.6 is 7.37 Å². The summed E-state index contributed by atoms with van der Waals surface area (Å²) in [6, 6.07) is 0. The Kier molecular flexibility index (Phi) is 5.67. The zero-order valence-corrected chi connectivity index (χ0v) is 9.53. The molecule has 1 amide bonds. The third-order valence-electron chi connectivity index (χ3n) is 1.73. The monoisotopic (exact) mass is 238 g/mol. The molecule has 15 heavy (non-hydrogen) atoms. The molecular weight excluding hydrogens is 223 g/mol. The molecule has 0 aliphatic rings. The number of nitrogens with one attached hydrogen (secondary N) is 1. The number of rotatable bonds is 6. The van der Waals surface area contributed by atoms with Gasteiger partial charge in [0.15, 0.2) is 0 Å². The second kappa shape index (κ2) is 5.97. The summed E-state index contributed by atoms with van der Waals surface area (Å²) >= 11 is 0. The second-order valence-corrected chi connectivity index (χ2v) is 5.47. The molecule has 3 N–H and O–H groups in total. The predicted octanol–water partition coefficient (Wildman–Crippen LogP) is -0.759. The zero-order chi connectivity index (χ0) is 12.1. The van der Waals surface area contributed by atoms with Gasteiger partial charge in [-0.05, 0) is 0 Å². The van der Waals surface area contributed by atoms with Crippen LogP contribution < -0.4 is 5.32 Å². The summed E-state index contributed by atoms with van der Waals surface area (Å²) in [5.41, 5.74) is -0.821. The fraction of sp³-hybridized carbons (Fsp3) is 0.714. The van der Waals surface area contributed by atoms with Crippen molar-refractivity contribution in [1.29, 1.82) is 0 Å². The molecule has 8 heteroatoms. The molecule has 7 nitrogen and oxygen atoms in total. The van der Waals surface area contributed by atoms with E-state index in [9.17, 15) is 14.2 Å². The molecule has 0 bridgehead atoms.